The lowest BCUT2D eigenvalue weighted by atomic mass is 10.2. The van der Waals surface area contributed by atoms with Gasteiger partial charge in [0, 0.05) is 26.0 Å². The Morgan fingerprint density at radius 3 is 2.67 bits per heavy atom. The van der Waals surface area contributed by atoms with Gasteiger partial charge in [-0.3, -0.25) is 9.78 Å². The highest BCUT2D eigenvalue weighted by Gasteiger charge is 2.08. The minimum Gasteiger partial charge on any atom is -0.345 e. The molecule has 0 saturated heterocycles. The van der Waals surface area contributed by atoms with E-state index in [-0.39, 0.29) is 5.91 Å². The van der Waals surface area contributed by atoms with Gasteiger partial charge in [0.15, 0.2) is 0 Å². The number of carbonyl (C=O) groups is 1. The molecule has 0 aliphatic rings. The van der Waals surface area contributed by atoms with Gasteiger partial charge in [-0.15, -0.1) is 0 Å². The van der Waals surface area contributed by atoms with Crippen molar-refractivity contribution < 1.29 is 4.79 Å². The van der Waals surface area contributed by atoms with Crippen LogP contribution in [-0.4, -0.2) is 29.4 Å². The summed E-state index contributed by atoms with van der Waals surface area (Å²) in [7, 11) is 1.86. The second-order valence-corrected chi connectivity index (χ2v) is 3.70. The van der Waals surface area contributed by atoms with Gasteiger partial charge >= 0.3 is 0 Å². The Bertz CT molecular complexity index is 298. The first kappa shape index (κ1) is 11.7. The van der Waals surface area contributed by atoms with Gasteiger partial charge in [-0.05, 0) is 24.1 Å². The molecule has 1 heterocycles. The van der Waals surface area contributed by atoms with Crippen molar-refractivity contribution in [3.8, 4) is 0 Å². The van der Waals surface area contributed by atoms with Crippen molar-refractivity contribution in [2.24, 2.45) is 0 Å². The summed E-state index contributed by atoms with van der Waals surface area (Å²) < 4.78 is 0. The largest absolute Gasteiger partial charge is 0.345 e. The average molecular weight is 206 g/mol. The Hall–Kier alpha value is -1.38. The fourth-order valence-corrected chi connectivity index (χ4v) is 1.33. The van der Waals surface area contributed by atoms with Gasteiger partial charge in [-0.2, -0.15) is 0 Å². The van der Waals surface area contributed by atoms with Gasteiger partial charge in [0.1, 0.15) is 0 Å². The molecule has 3 heteroatoms. The fourth-order valence-electron chi connectivity index (χ4n) is 1.33. The number of rotatable bonds is 5. The van der Waals surface area contributed by atoms with Crippen molar-refractivity contribution in [1.82, 2.24) is 9.88 Å². The smallest absolute Gasteiger partial charge is 0.226 e. The lowest BCUT2D eigenvalue weighted by Gasteiger charge is -2.16. The molecule has 3 nitrogen and oxygen atoms in total. The summed E-state index contributed by atoms with van der Waals surface area (Å²) in [6.07, 6.45) is 6.09. The molecule has 0 aromatic carbocycles. The molecule has 0 saturated carbocycles. The zero-order valence-corrected chi connectivity index (χ0v) is 9.44. The topological polar surface area (TPSA) is 33.2 Å². The summed E-state index contributed by atoms with van der Waals surface area (Å²) in [5.41, 5.74) is 1.03. The first-order chi connectivity index (χ1) is 7.24. The number of pyridine rings is 1. The van der Waals surface area contributed by atoms with E-state index in [9.17, 15) is 4.79 Å². The minimum absolute atomic E-state index is 0.176. The monoisotopic (exact) mass is 206 g/mol. The summed E-state index contributed by atoms with van der Waals surface area (Å²) in [5.74, 6) is 0.176. The zero-order chi connectivity index (χ0) is 11.1. The van der Waals surface area contributed by atoms with E-state index in [1.54, 1.807) is 17.3 Å². The maximum absolute atomic E-state index is 11.7. The molecule has 0 radical (unpaired) electrons. The molecule has 0 unspecified atom stereocenters. The van der Waals surface area contributed by atoms with Crippen molar-refractivity contribution in [2.45, 2.75) is 26.2 Å². The van der Waals surface area contributed by atoms with Crippen LogP contribution in [0, 0.1) is 0 Å². The number of likely N-dealkylation sites (N-methyl/N-ethyl adjacent to an activating group) is 1. The lowest BCUT2D eigenvalue weighted by Crippen LogP contribution is -2.29. The van der Waals surface area contributed by atoms with Crippen molar-refractivity contribution in [1.29, 1.82) is 0 Å². The molecule has 82 valence electrons. The van der Waals surface area contributed by atoms with Gasteiger partial charge in [-0.1, -0.05) is 13.3 Å². The highest BCUT2D eigenvalue weighted by atomic mass is 16.2. The normalized spacial score (nSPS) is 10.0. The van der Waals surface area contributed by atoms with Crippen molar-refractivity contribution in [3.05, 3.63) is 30.1 Å². The predicted octanol–water partition coefficient (Wildman–Crippen LogP) is 1.88. The van der Waals surface area contributed by atoms with E-state index < -0.39 is 0 Å². The molecule has 0 bridgehead atoms. The van der Waals surface area contributed by atoms with E-state index in [4.69, 9.17) is 0 Å². The third kappa shape index (κ3) is 4.11. The maximum atomic E-state index is 11.7. The van der Waals surface area contributed by atoms with E-state index in [2.05, 4.69) is 11.9 Å². The summed E-state index contributed by atoms with van der Waals surface area (Å²) in [4.78, 5) is 17.4. The van der Waals surface area contributed by atoms with Gasteiger partial charge in [-0.25, -0.2) is 0 Å². The Balaban J connectivity index is 2.42. The second kappa shape index (κ2) is 6.17. The van der Waals surface area contributed by atoms with Gasteiger partial charge in [0.25, 0.3) is 0 Å². The first-order valence-electron chi connectivity index (χ1n) is 5.37. The first-order valence-corrected chi connectivity index (χ1v) is 5.37. The summed E-state index contributed by atoms with van der Waals surface area (Å²) >= 11 is 0. The fraction of sp³-hybridized carbons (Fsp3) is 0.500. The number of nitrogens with zero attached hydrogens (tertiary/aromatic N) is 2. The molecule has 1 rings (SSSR count). The summed E-state index contributed by atoms with van der Waals surface area (Å²) in [5, 5.41) is 0. The van der Waals surface area contributed by atoms with Gasteiger partial charge < -0.3 is 4.90 Å². The van der Waals surface area contributed by atoms with E-state index in [1.165, 1.54) is 0 Å². The zero-order valence-electron chi connectivity index (χ0n) is 9.44. The molecular weight excluding hydrogens is 188 g/mol. The van der Waals surface area contributed by atoms with Crippen LogP contribution in [0.2, 0.25) is 0 Å². The molecule has 0 atom stereocenters. The molecule has 15 heavy (non-hydrogen) atoms. The van der Waals surface area contributed by atoms with Crippen LogP contribution in [0.4, 0.5) is 0 Å². The van der Waals surface area contributed by atoms with Crippen LogP contribution in [0.3, 0.4) is 0 Å². The molecule has 1 amide bonds. The Morgan fingerprint density at radius 1 is 1.40 bits per heavy atom. The Morgan fingerprint density at radius 2 is 2.07 bits per heavy atom. The Kier molecular flexibility index (Phi) is 4.81. The number of unbranched alkanes of at least 4 members (excludes halogenated alkanes) is 1. The third-order valence-corrected chi connectivity index (χ3v) is 2.38. The molecule has 0 aliphatic heterocycles. The van der Waals surface area contributed by atoms with Crippen molar-refractivity contribution >= 4 is 5.91 Å². The number of amides is 1. The molecule has 0 fully saturated rings. The van der Waals surface area contributed by atoms with Crippen LogP contribution in [0.25, 0.3) is 0 Å². The standard InChI is InChI=1S/C12H18N2O/c1-3-4-9-14(2)12(15)10-11-5-7-13-8-6-11/h5-8H,3-4,9-10H2,1-2H3. The molecule has 0 N–H and O–H groups in total. The van der Waals surface area contributed by atoms with Crippen molar-refractivity contribution in [2.75, 3.05) is 13.6 Å². The van der Waals surface area contributed by atoms with E-state index >= 15 is 0 Å². The van der Waals surface area contributed by atoms with Crippen LogP contribution in [0.15, 0.2) is 24.5 Å². The molecule has 1 aromatic heterocycles. The van der Waals surface area contributed by atoms with Crippen LogP contribution < -0.4 is 0 Å². The summed E-state index contributed by atoms with van der Waals surface area (Å²) in [6.45, 7) is 2.97. The SMILES string of the molecule is CCCCN(C)C(=O)Cc1ccncc1. The predicted molar refractivity (Wildman–Crippen MR) is 60.5 cm³/mol. The number of carbonyl (C=O) groups excluding carboxylic acids is 1. The van der Waals surface area contributed by atoms with Crippen molar-refractivity contribution in [3.63, 3.8) is 0 Å². The van der Waals surface area contributed by atoms with Crippen LogP contribution in [-0.2, 0) is 11.2 Å². The average Bonchev–Trinajstić information content (AvgIpc) is 2.27. The van der Waals surface area contributed by atoms with Crippen LogP contribution in [0.5, 0.6) is 0 Å². The Labute approximate surface area is 91.1 Å². The second-order valence-electron chi connectivity index (χ2n) is 3.70. The van der Waals surface area contributed by atoms with E-state index in [0.717, 1.165) is 24.9 Å². The van der Waals surface area contributed by atoms with Crippen LogP contribution >= 0.6 is 0 Å². The quantitative estimate of drug-likeness (QED) is 0.737. The molecule has 1 aromatic rings. The lowest BCUT2D eigenvalue weighted by molar-refractivity contribution is -0.129. The van der Waals surface area contributed by atoms with Crippen LogP contribution in [0.1, 0.15) is 25.3 Å². The number of hydrogen-bond donors (Lipinski definition) is 0. The highest BCUT2D eigenvalue weighted by Crippen LogP contribution is 2.01. The molecular formula is C12H18N2O. The maximum Gasteiger partial charge on any atom is 0.226 e. The molecule has 0 aliphatic carbocycles. The van der Waals surface area contributed by atoms with Gasteiger partial charge in [0.2, 0.25) is 5.91 Å². The van der Waals surface area contributed by atoms with Gasteiger partial charge in [0.05, 0.1) is 6.42 Å². The summed E-state index contributed by atoms with van der Waals surface area (Å²) in [6, 6.07) is 3.76. The number of aromatic nitrogens is 1. The number of hydrogen-bond acceptors (Lipinski definition) is 2. The van der Waals surface area contributed by atoms with E-state index in [0.29, 0.717) is 6.42 Å². The highest BCUT2D eigenvalue weighted by molar-refractivity contribution is 5.78. The molecule has 0 spiro atoms. The minimum atomic E-state index is 0.176. The third-order valence-electron chi connectivity index (χ3n) is 2.38. The van der Waals surface area contributed by atoms with E-state index in [1.807, 2.05) is 19.2 Å².